The maximum atomic E-state index is 4.91. The highest BCUT2D eigenvalue weighted by atomic mass is 79.9. The largest absolute Gasteiger partial charge is 0.257 e. The van der Waals surface area contributed by atoms with Crippen LogP contribution in [0.4, 0.5) is 5.69 Å². The molecule has 1 atom stereocenters. The lowest BCUT2D eigenvalue weighted by molar-refractivity contribution is 0.709. The van der Waals surface area contributed by atoms with Crippen LogP contribution in [0.2, 0.25) is 0 Å². The fourth-order valence-electron chi connectivity index (χ4n) is 3.18. The molecular weight excluding hydrogens is 384 g/mol. The zero-order valence-corrected chi connectivity index (χ0v) is 15.9. The van der Waals surface area contributed by atoms with E-state index in [1.54, 1.807) is 0 Å². The smallest absolute Gasteiger partial charge is 0.0831 e. The minimum absolute atomic E-state index is 0.209. The first-order valence-corrected chi connectivity index (χ1v) is 9.49. The lowest BCUT2D eigenvalue weighted by Gasteiger charge is -2.24. The van der Waals surface area contributed by atoms with Crippen LogP contribution in [0.1, 0.15) is 23.6 Å². The Morgan fingerprint density at radius 1 is 0.846 bits per heavy atom. The molecule has 1 aliphatic rings. The molecule has 0 bridgehead atoms. The van der Waals surface area contributed by atoms with Gasteiger partial charge in [-0.15, -0.1) is 0 Å². The van der Waals surface area contributed by atoms with Crippen LogP contribution in [-0.4, -0.2) is 5.71 Å². The van der Waals surface area contributed by atoms with Crippen molar-refractivity contribution in [3.8, 4) is 0 Å². The summed E-state index contributed by atoms with van der Waals surface area (Å²) in [6.45, 7) is 0. The van der Waals surface area contributed by atoms with Crippen LogP contribution in [0.3, 0.4) is 0 Å². The number of rotatable bonds is 4. The second kappa shape index (κ2) is 7.71. The number of hydrogen-bond donors (Lipinski definition) is 0. The summed E-state index contributed by atoms with van der Waals surface area (Å²) in [7, 11) is 0. The molecule has 0 saturated carbocycles. The molecule has 2 nitrogen and oxygen atoms in total. The van der Waals surface area contributed by atoms with Crippen molar-refractivity contribution in [2.45, 2.75) is 12.5 Å². The fraction of sp³-hybridized carbons (Fsp3) is 0.0870. The summed E-state index contributed by atoms with van der Waals surface area (Å²) < 4.78 is 1.06. The van der Waals surface area contributed by atoms with E-state index in [0.717, 1.165) is 22.3 Å². The zero-order chi connectivity index (χ0) is 17.8. The Hall–Kier alpha value is -2.65. The van der Waals surface area contributed by atoms with Crippen LogP contribution in [0.15, 0.2) is 101 Å². The summed E-state index contributed by atoms with van der Waals surface area (Å²) in [6, 6.07) is 29.4. The van der Waals surface area contributed by atoms with Gasteiger partial charge in [0, 0.05) is 10.9 Å². The number of anilines is 1. The van der Waals surface area contributed by atoms with Gasteiger partial charge in [0.1, 0.15) is 0 Å². The van der Waals surface area contributed by atoms with Gasteiger partial charge >= 0.3 is 0 Å². The van der Waals surface area contributed by atoms with E-state index in [4.69, 9.17) is 5.10 Å². The summed E-state index contributed by atoms with van der Waals surface area (Å²) in [5, 5.41) is 7.04. The molecule has 0 aromatic heterocycles. The normalized spacial score (nSPS) is 16.9. The molecule has 3 aromatic rings. The highest BCUT2D eigenvalue weighted by Crippen LogP contribution is 2.36. The van der Waals surface area contributed by atoms with Gasteiger partial charge in [-0.2, -0.15) is 5.10 Å². The second-order valence-corrected chi connectivity index (χ2v) is 7.21. The second-order valence-electron chi connectivity index (χ2n) is 6.29. The predicted molar refractivity (Wildman–Crippen MR) is 113 cm³/mol. The third kappa shape index (κ3) is 3.78. The Labute approximate surface area is 162 Å². The van der Waals surface area contributed by atoms with E-state index in [1.165, 1.54) is 11.1 Å². The number of hydrazone groups is 1. The highest BCUT2D eigenvalue weighted by Gasteiger charge is 2.28. The van der Waals surface area contributed by atoms with Gasteiger partial charge < -0.3 is 0 Å². The van der Waals surface area contributed by atoms with Crippen LogP contribution < -0.4 is 5.01 Å². The Kier molecular flexibility index (Phi) is 4.98. The van der Waals surface area contributed by atoms with Gasteiger partial charge in [-0.25, -0.2) is 0 Å². The van der Waals surface area contributed by atoms with Gasteiger partial charge in [0.05, 0.1) is 17.4 Å². The first kappa shape index (κ1) is 16.8. The van der Waals surface area contributed by atoms with Crippen molar-refractivity contribution in [3.63, 3.8) is 0 Å². The molecule has 0 radical (unpaired) electrons. The number of benzene rings is 3. The monoisotopic (exact) mass is 402 g/mol. The fourth-order valence-corrected chi connectivity index (χ4v) is 3.57. The Bertz CT molecular complexity index is 933. The molecule has 0 spiro atoms. The molecule has 1 heterocycles. The summed E-state index contributed by atoms with van der Waals surface area (Å²) in [6.07, 6.45) is 5.15. The molecule has 1 aliphatic heterocycles. The molecule has 3 heteroatoms. The molecule has 4 rings (SSSR count). The Balaban J connectivity index is 1.66. The topological polar surface area (TPSA) is 15.6 Å². The van der Waals surface area contributed by atoms with Crippen molar-refractivity contribution in [2.24, 2.45) is 5.10 Å². The summed E-state index contributed by atoms with van der Waals surface area (Å²) in [5.41, 5.74) is 4.64. The van der Waals surface area contributed by atoms with Crippen LogP contribution >= 0.6 is 15.9 Å². The van der Waals surface area contributed by atoms with E-state index in [9.17, 15) is 0 Å². The Morgan fingerprint density at radius 3 is 2.31 bits per heavy atom. The number of allylic oxidation sites excluding steroid dienone is 1. The first-order chi connectivity index (χ1) is 12.8. The van der Waals surface area contributed by atoms with Crippen LogP contribution in [0.5, 0.6) is 0 Å². The quantitative estimate of drug-likeness (QED) is 0.488. The summed E-state index contributed by atoms with van der Waals surface area (Å²) >= 11 is 3.57. The van der Waals surface area contributed by atoms with Crippen molar-refractivity contribution in [1.29, 1.82) is 0 Å². The minimum atomic E-state index is 0.209. The van der Waals surface area contributed by atoms with Crippen molar-refractivity contribution < 1.29 is 0 Å². The van der Waals surface area contributed by atoms with Gasteiger partial charge in [0.15, 0.2) is 0 Å². The molecule has 3 aromatic carbocycles. The van der Waals surface area contributed by atoms with Crippen LogP contribution in [-0.2, 0) is 0 Å². The Morgan fingerprint density at radius 2 is 1.58 bits per heavy atom. The lowest BCUT2D eigenvalue weighted by atomic mass is 10.0. The van der Waals surface area contributed by atoms with E-state index in [-0.39, 0.29) is 6.04 Å². The van der Waals surface area contributed by atoms with Crippen LogP contribution in [0, 0.1) is 0 Å². The van der Waals surface area contributed by atoms with E-state index in [0.29, 0.717) is 0 Å². The molecule has 128 valence electrons. The maximum absolute atomic E-state index is 4.91. The van der Waals surface area contributed by atoms with Gasteiger partial charge in [-0.3, -0.25) is 5.01 Å². The van der Waals surface area contributed by atoms with Crippen molar-refractivity contribution in [1.82, 2.24) is 0 Å². The molecule has 0 amide bonds. The SMILES string of the molecule is Brc1cccc(N2N=C(C=Cc3ccccc3)CC2c2ccccc2)c1. The average molecular weight is 403 g/mol. The van der Waals surface area contributed by atoms with E-state index in [1.807, 2.05) is 12.1 Å². The molecule has 1 unspecified atom stereocenters. The van der Waals surface area contributed by atoms with Gasteiger partial charge in [0.25, 0.3) is 0 Å². The van der Waals surface area contributed by atoms with Crippen molar-refractivity contribution in [2.75, 3.05) is 5.01 Å². The summed E-state index contributed by atoms with van der Waals surface area (Å²) in [4.78, 5) is 0. The van der Waals surface area contributed by atoms with E-state index < -0.39 is 0 Å². The molecule has 0 saturated heterocycles. The van der Waals surface area contributed by atoms with Gasteiger partial charge in [-0.05, 0) is 35.4 Å². The molecule has 26 heavy (non-hydrogen) atoms. The minimum Gasteiger partial charge on any atom is -0.257 e. The zero-order valence-electron chi connectivity index (χ0n) is 14.3. The third-order valence-corrected chi connectivity index (χ3v) is 4.95. The predicted octanol–water partition coefficient (Wildman–Crippen LogP) is 6.47. The van der Waals surface area contributed by atoms with Gasteiger partial charge in [-0.1, -0.05) is 88.7 Å². The maximum Gasteiger partial charge on any atom is 0.0831 e. The van der Waals surface area contributed by atoms with E-state index in [2.05, 4.69) is 106 Å². The molecule has 0 fully saturated rings. The lowest BCUT2D eigenvalue weighted by Crippen LogP contribution is -2.18. The molecular formula is C23H19BrN2. The number of nitrogens with zero attached hydrogens (tertiary/aromatic N) is 2. The van der Waals surface area contributed by atoms with E-state index >= 15 is 0 Å². The highest BCUT2D eigenvalue weighted by molar-refractivity contribution is 9.10. The van der Waals surface area contributed by atoms with Crippen LogP contribution in [0.25, 0.3) is 6.08 Å². The number of halogens is 1. The first-order valence-electron chi connectivity index (χ1n) is 8.70. The standard InChI is InChI=1S/C23H19BrN2/c24-20-12-7-13-22(16-20)26-23(19-10-5-2-6-11-19)17-21(25-26)15-14-18-8-3-1-4-9-18/h1-16,23H,17H2. The molecule has 0 aliphatic carbocycles. The summed E-state index contributed by atoms with van der Waals surface area (Å²) in [5.74, 6) is 0. The average Bonchev–Trinajstić information content (AvgIpc) is 3.12. The van der Waals surface area contributed by atoms with Gasteiger partial charge in [0.2, 0.25) is 0 Å². The van der Waals surface area contributed by atoms with Crippen molar-refractivity contribution >= 4 is 33.4 Å². The third-order valence-electron chi connectivity index (χ3n) is 4.46. The number of hydrogen-bond acceptors (Lipinski definition) is 2. The molecule has 0 N–H and O–H groups in total. The van der Waals surface area contributed by atoms with Crippen molar-refractivity contribution in [3.05, 3.63) is 107 Å².